The predicted molar refractivity (Wildman–Crippen MR) is 92.5 cm³/mol. The monoisotopic (exact) mass is 385 g/mol. The van der Waals surface area contributed by atoms with E-state index in [1.165, 1.54) is 12.1 Å². The van der Waals surface area contributed by atoms with Gasteiger partial charge in [0.25, 0.3) is 5.91 Å². The van der Waals surface area contributed by atoms with Crippen LogP contribution < -0.4 is 4.90 Å². The molecule has 2 aromatic carbocycles. The van der Waals surface area contributed by atoms with Crippen molar-refractivity contribution < 1.29 is 9.18 Å². The molecule has 1 amide bonds. The number of aryl methyl sites for hydroxylation is 1. The number of benzene rings is 2. The smallest absolute Gasteiger partial charge is 0.279 e. The Morgan fingerprint density at radius 1 is 1.21 bits per heavy atom. The van der Waals surface area contributed by atoms with E-state index in [0.29, 0.717) is 5.69 Å². The number of H-pyrrole nitrogens is 1. The number of amides is 1. The van der Waals surface area contributed by atoms with Crippen molar-refractivity contribution in [3.05, 3.63) is 81.3 Å². The summed E-state index contributed by atoms with van der Waals surface area (Å²) in [5.41, 5.74) is 3.47. The molecule has 1 atom stereocenters. The first kappa shape index (κ1) is 15.1. The summed E-state index contributed by atoms with van der Waals surface area (Å²) in [6.45, 7) is 1.87. The minimum Gasteiger partial charge on any atom is -0.295 e. The van der Waals surface area contributed by atoms with Crippen LogP contribution in [0.4, 0.5) is 10.1 Å². The first-order valence-corrected chi connectivity index (χ1v) is 8.25. The summed E-state index contributed by atoms with van der Waals surface area (Å²) in [6.07, 6.45) is 0. The number of hydrogen-bond acceptors (Lipinski definition) is 2. The molecule has 0 unspecified atom stereocenters. The number of carbonyl (C=O) groups is 1. The van der Waals surface area contributed by atoms with E-state index < -0.39 is 6.04 Å². The van der Waals surface area contributed by atoms with Crippen molar-refractivity contribution in [3.63, 3.8) is 0 Å². The average molecular weight is 386 g/mol. The Morgan fingerprint density at radius 2 is 1.96 bits per heavy atom. The van der Waals surface area contributed by atoms with Gasteiger partial charge in [0.15, 0.2) is 5.69 Å². The summed E-state index contributed by atoms with van der Waals surface area (Å²) in [6, 6.07) is 13.4. The van der Waals surface area contributed by atoms with Crippen molar-refractivity contribution in [3.8, 4) is 0 Å². The molecule has 120 valence electrons. The van der Waals surface area contributed by atoms with Crippen LogP contribution in [0.15, 0.2) is 53.0 Å². The van der Waals surface area contributed by atoms with Crippen LogP contribution in [0.1, 0.15) is 33.4 Å². The van der Waals surface area contributed by atoms with Gasteiger partial charge in [0, 0.05) is 21.4 Å². The van der Waals surface area contributed by atoms with Gasteiger partial charge in [0.2, 0.25) is 0 Å². The van der Waals surface area contributed by atoms with E-state index in [9.17, 15) is 9.18 Å². The number of carbonyl (C=O) groups excluding carboxylic acids is 1. The molecule has 6 heteroatoms. The number of aromatic amines is 1. The van der Waals surface area contributed by atoms with E-state index in [1.807, 2.05) is 37.3 Å². The Labute approximate surface area is 146 Å². The lowest BCUT2D eigenvalue weighted by molar-refractivity contribution is 0.0988. The van der Waals surface area contributed by atoms with Gasteiger partial charge in [-0.3, -0.25) is 14.8 Å². The van der Waals surface area contributed by atoms with E-state index in [0.717, 1.165) is 27.0 Å². The maximum atomic E-state index is 13.8. The fourth-order valence-corrected chi connectivity index (χ4v) is 3.42. The molecule has 0 fully saturated rings. The lowest BCUT2D eigenvalue weighted by Crippen LogP contribution is -2.29. The molecule has 0 radical (unpaired) electrons. The number of fused-ring (bicyclic) bond motifs is 1. The van der Waals surface area contributed by atoms with Gasteiger partial charge in [0.1, 0.15) is 5.82 Å². The van der Waals surface area contributed by atoms with Gasteiger partial charge in [-0.05, 0) is 48.9 Å². The molecule has 0 bridgehead atoms. The molecule has 1 aliphatic rings. The van der Waals surface area contributed by atoms with Crippen molar-refractivity contribution in [2.45, 2.75) is 13.0 Å². The van der Waals surface area contributed by atoms with Crippen molar-refractivity contribution in [1.82, 2.24) is 10.2 Å². The van der Waals surface area contributed by atoms with E-state index >= 15 is 0 Å². The molecule has 1 N–H and O–H groups in total. The lowest BCUT2D eigenvalue weighted by atomic mass is 9.99. The molecular formula is C18H13BrFN3O. The topological polar surface area (TPSA) is 49.0 Å². The maximum absolute atomic E-state index is 13.8. The number of anilines is 1. The highest BCUT2D eigenvalue weighted by Gasteiger charge is 2.42. The number of aromatic nitrogens is 2. The molecule has 1 aliphatic heterocycles. The van der Waals surface area contributed by atoms with E-state index in [2.05, 4.69) is 26.1 Å². The lowest BCUT2D eigenvalue weighted by Gasteiger charge is -2.26. The number of hydrogen-bond donors (Lipinski definition) is 1. The highest BCUT2D eigenvalue weighted by molar-refractivity contribution is 9.10. The molecule has 24 heavy (non-hydrogen) atoms. The van der Waals surface area contributed by atoms with Crippen molar-refractivity contribution in [2.24, 2.45) is 0 Å². The zero-order valence-corrected chi connectivity index (χ0v) is 14.3. The van der Waals surface area contributed by atoms with Crippen LogP contribution in [0, 0.1) is 12.7 Å². The minimum absolute atomic E-state index is 0.189. The molecule has 3 aromatic rings. The van der Waals surface area contributed by atoms with Crippen molar-refractivity contribution >= 4 is 27.5 Å². The SMILES string of the molecule is Cc1[nH]nc2c1[C@@H](c1cccc(F)c1)N(c1ccc(Br)cc1)C2=O. The van der Waals surface area contributed by atoms with Crippen LogP contribution in [-0.4, -0.2) is 16.1 Å². The normalized spacial score (nSPS) is 16.5. The summed E-state index contributed by atoms with van der Waals surface area (Å²) in [5.74, 6) is -0.517. The van der Waals surface area contributed by atoms with Crippen LogP contribution >= 0.6 is 15.9 Å². The van der Waals surface area contributed by atoms with Crippen LogP contribution in [0.5, 0.6) is 0 Å². The van der Waals surface area contributed by atoms with E-state index in [1.54, 1.807) is 11.0 Å². The summed E-state index contributed by atoms with van der Waals surface area (Å²) in [5, 5.41) is 7.02. The van der Waals surface area contributed by atoms with Gasteiger partial charge in [-0.15, -0.1) is 0 Å². The Kier molecular flexibility index (Phi) is 3.49. The molecule has 0 saturated carbocycles. The minimum atomic E-state index is -0.400. The third-order valence-corrected chi connectivity index (χ3v) is 4.75. The van der Waals surface area contributed by atoms with Gasteiger partial charge in [-0.1, -0.05) is 28.1 Å². The standard InChI is InChI=1S/C18H13BrFN3O/c1-10-15-16(22-21-10)18(24)23(14-7-5-12(19)6-8-14)17(15)11-3-2-4-13(20)9-11/h2-9,17H,1H3,(H,21,22)/t17-/m1/s1. The fraction of sp³-hybridized carbons (Fsp3) is 0.111. The molecule has 4 nitrogen and oxygen atoms in total. The second kappa shape index (κ2) is 5.56. The van der Waals surface area contributed by atoms with Gasteiger partial charge in [-0.25, -0.2) is 4.39 Å². The van der Waals surface area contributed by atoms with Crippen molar-refractivity contribution in [1.29, 1.82) is 0 Å². The molecular weight excluding hydrogens is 373 g/mol. The second-order valence-corrected chi connectivity index (χ2v) is 6.64. The maximum Gasteiger partial charge on any atom is 0.279 e. The molecule has 2 heterocycles. The summed E-state index contributed by atoms with van der Waals surface area (Å²) >= 11 is 3.40. The summed E-state index contributed by atoms with van der Waals surface area (Å²) < 4.78 is 14.7. The third-order valence-electron chi connectivity index (χ3n) is 4.22. The van der Waals surface area contributed by atoms with Gasteiger partial charge >= 0.3 is 0 Å². The van der Waals surface area contributed by atoms with Crippen molar-refractivity contribution in [2.75, 3.05) is 4.90 Å². The summed E-state index contributed by atoms with van der Waals surface area (Å²) in [4.78, 5) is 14.6. The fourth-order valence-electron chi connectivity index (χ4n) is 3.16. The second-order valence-electron chi connectivity index (χ2n) is 5.72. The largest absolute Gasteiger partial charge is 0.295 e. The van der Waals surface area contributed by atoms with Crippen LogP contribution in [-0.2, 0) is 0 Å². The van der Waals surface area contributed by atoms with Gasteiger partial charge < -0.3 is 0 Å². The molecule has 0 aliphatic carbocycles. The van der Waals surface area contributed by atoms with Gasteiger partial charge in [-0.2, -0.15) is 5.10 Å². The zero-order valence-electron chi connectivity index (χ0n) is 12.8. The third kappa shape index (κ3) is 2.26. The Hall–Kier alpha value is -2.47. The first-order valence-electron chi connectivity index (χ1n) is 7.45. The highest BCUT2D eigenvalue weighted by atomic mass is 79.9. The van der Waals surface area contributed by atoms with Gasteiger partial charge in [0.05, 0.1) is 6.04 Å². The summed E-state index contributed by atoms with van der Waals surface area (Å²) in [7, 11) is 0. The molecule has 1 aromatic heterocycles. The quantitative estimate of drug-likeness (QED) is 0.711. The molecule has 4 rings (SSSR count). The first-order chi connectivity index (χ1) is 11.6. The predicted octanol–water partition coefficient (Wildman–Crippen LogP) is 4.37. The number of nitrogens with one attached hydrogen (secondary N) is 1. The zero-order chi connectivity index (χ0) is 16.8. The van der Waals surface area contributed by atoms with Crippen LogP contribution in [0.3, 0.4) is 0 Å². The Morgan fingerprint density at radius 3 is 2.67 bits per heavy atom. The number of nitrogens with zero attached hydrogens (tertiary/aromatic N) is 2. The van der Waals surface area contributed by atoms with Crippen LogP contribution in [0.25, 0.3) is 0 Å². The molecule has 0 saturated heterocycles. The van der Waals surface area contributed by atoms with E-state index in [4.69, 9.17) is 0 Å². The number of rotatable bonds is 2. The number of halogens is 2. The Bertz CT molecular complexity index is 936. The van der Waals surface area contributed by atoms with E-state index in [-0.39, 0.29) is 11.7 Å². The highest BCUT2D eigenvalue weighted by Crippen LogP contribution is 2.42. The molecule has 0 spiro atoms. The van der Waals surface area contributed by atoms with Crippen LogP contribution in [0.2, 0.25) is 0 Å². The Balaban J connectivity index is 1.91. The average Bonchev–Trinajstić information content (AvgIpc) is 3.07.